The summed E-state index contributed by atoms with van der Waals surface area (Å²) in [5.74, 6) is -0.311. The molecule has 3 N–H and O–H groups in total. The molecule has 0 saturated heterocycles. The monoisotopic (exact) mass is 268 g/mol. The third kappa shape index (κ3) is 4.11. The third-order valence-electron chi connectivity index (χ3n) is 4.44. The van der Waals surface area contributed by atoms with E-state index in [1.165, 1.54) is 12.8 Å². The Kier molecular flexibility index (Phi) is 4.66. The van der Waals surface area contributed by atoms with E-state index in [1.54, 1.807) is 0 Å². The fourth-order valence-corrected chi connectivity index (χ4v) is 2.97. The second kappa shape index (κ2) is 6.26. The van der Waals surface area contributed by atoms with E-state index in [2.05, 4.69) is 10.6 Å². The van der Waals surface area contributed by atoms with Crippen LogP contribution in [0.25, 0.3) is 0 Å². The topological polar surface area (TPSA) is 78.4 Å². The average molecular weight is 268 g/mol. The predicted molar refractivity (Wildman–Crippen MR) is 71.8 cm³/mol. The summed E-state index contributed by atoms with van der Waals surface area (Å²) in [6.45, 7) is 2.50. The smallest absolute Gasteiger partial charge is 0.315 e. The van der Waals surface area contributed by atoms with Gasteiger partial charge in [0.1, 0.15) is 0 Å². The Balaban J connectivity index is 1.73. The zero-order valence-electron chi connectivity index (χ0n) is 11.5. The van der Waals surface area contributed by atoms with E-state index < -0.39 is 5.97 Å². The number of hydrogen-bond donors (Lipinski definition) is 3. The molecule has 2 rings (SSSR count). The maximum absolute atomic E-state index is 11.7. The lowest BCUT2D eigenvalue weighted by atomic mass is 9.79. The van der Waals surface area contributed by atoms with Gasteiger partial charge in [-0.15, -0.1) is 0 Å². The molecule has 2 fully saturated rings. The van der Waals surface area contributed by atoms with E-state index >= 15 is 0 Å². The SMILES string of the molecule is CC(NC(=O)NCC1CCCCC1C(=O)O)C1CC1. The number of rotatable bonds is 5. The van der Waals surface area contributed by atoms with Crippen molar-refractivity contribution >= 4 is 12.0 Å². The lowest BCUT2D eigenvalue weighted by Gasteiger charge is -2.28. The number of carboxylic acids is 1. The quantitative estimate of drug-likeness (QED) is 0.713. The number of urea groups is 1. The molecular formula is C14H24N2O3. The molecule has 2 amide bonds. The number of carboxylic acid groups (broad SMARTS) is 1. The molecule has 5 nitrogen and oxygen atoms in total. The normalized spacial score (nSPS) is 28.5. The van der Waals surface area contributed by atoms with Crippen LogP contribution < -0.4 is 10.6 Å². The summed E-state index contributed by atoms with van der Waals surface area (Å²) in [4.78, 5) is 22.9. The van der Waals surface area contributed by atoms with Crippen molar-refractivity contribution in [3.63, 3.8) is 0 Å². The molecule has 0 bridgehead atoms. The molecule has 0 aliphatic heterocycles. The van der Waals surface area contributed by atoms with Crippen molar-refractivity contribution in [2.24, 2.45) is 17.8 Å². The van der Waals surface area contributed by atoms with Crippen LogP contribution in [-0.2, 0) is 4.79 Å². The summed E-state index contributed by atoms with van der Waals surface area (Å²) in [5, 5.41) is 14.9. The van der Waals surface area contributed by atoms with Crippen LogP contribution in [-0.4, -0.2) is 29.7 Å². The molecule has 3 atom stereocenters. The van der Waals surface area contributed by atoms with Crippen LogP contribution in [0.2, 0.25) is 0 Å². The first-order valence-electron chi connectivity index (χ1n) is 7.35. The molecular weight excluding hydrogens is 244 g/mol. The van der Waals surface area contributed by atoms with Gasteiger partial charge in [0.25, 0.3) is 0 Å². The van der Waals surface area contributed by atoms with Gasteiger partial charge < -0.3 is 15.7 Å². The lowest BCUT2D eigenvalue weighted by Crippen LogP contribution is -2.45. The minimum absolute atomic E-state index is 0.0771. The van der Waals surface area contributed by atoms with E-state index in [4.69, 9.17) is 0 Å². The second-order valence-corrected chi connectivity index (χ2v) is 5.97. The van der Waals surface area contributed by atoms with E-state index in [1.807, 2.05) is 6.92 Å². The maximum atomic E-state index is 11.7. The van der Waals surface area contributed by atoms with Gasteiger partial charge in [0.15, 0.2) is 0 Å². The van der Waals surface area contributed by atoms with E-state index in [0.29, 0.717) is 12.5 Å². The van der Waals surface area contributed by atoms with E-state index in [9.17, 15) is 14.7 Å². The molecule has 0 spiro atoms. The molecule has 2 aliphatic carbocycles. The molecule has 0 aromatic carbocycles. The van der Waals surface area contributed by atoms with E-state index in [0.717, 1.165) is 25.7 Å². The highest BCUT2D eigenvalue weighted by Crippen LogP contribution is 2.32. The highest BCUT2D eigenvalue weighted by atomic mass is 16.4. The van der Waals surface area contributed by atoms with Crippen LogP contribution in [0.1, 0.15) is 45.4 Å². The Labute approximate surface area is 114 Å². The molecule has 0 heterocycles. The zero-order valence-corrected chi connectivity index (χ0v) is 11.5. The van der Waals surface area contributed by atoms with Crippen LogP contribution >= 0.6 is 0 Å². The Bertz CT molecular complexity index is 342. The van der Waals surface area contributed by atoms with Gasteiger partial charge in [-0.05, 0) is 44.4 Å². The molecule has 108 valence electrons. The highest BCUT2D eigenvalue weighted by Gasteiger charge is 2.32. The molecule has 2 aliphatic rings. The number of aliphatic carboxylic acids is 1. The average Bonchev–Trinajstić information content (AvgIpc) is 3.20. The van der Waals surface area contributed by atoms with Gasteiger partial charge in [-0.1, -0.05) is 12.8 Å². The minimum Gasteiger partial charge on any atom is -0.481 e. The highest BCUT2D eigenvalue weighted by molar-refractivity contribution is 5.74. The minimum atomic E-state index is -0.724. The summed E-state index contributed by atoms with van der Waals surface area (Å²) in [6, 6.07) is 0.0655. The predicted octanol–water partition coefficient (Wildman–Crippen LogP) is 1.98. The molecule has 5 heteroatoms. The number of amides is 2. The van der Waals surface area contributed by atoms with Gasteiger partial charge in [0, 0.05) is 12.6 Å². The van der Waals surface area contributed by atoms with Crippen molar-refractivity contribution in [1.29, 1.82) is 0 Å². The Morgan fingerprint density at radius 2 is 1.89 bits per heavy atom. The Morgan fingerprint density at radius 3 is 2.53 bits per heavy atom. The van der Waals surface area contributed by atoms with Gasteiger partial charge in [0.05, 0.1) is 5.92 Å². The van der Waals surface area contributed by atoms with Crippen LogP contribution in [0.5, 0.6) is 0 Å². The molecule has 19 heavy (non-hydrogen) atoms. The van der Waals surface area contributed by atoms with Gasteiger partial charge in [0.2, 0.25) is 0 Å². The lowest BCUT2D eigenvalue weighted by molar-refractivity contribution is -0.144. The summed E-state index contributed by atoms with van der Waals surface area (Å²) < 4.78 is 0. The molecule has 0 aromatic rings. The molecule has 0 radical (unpaired) electrons. The summed E-state index contributed by atoms with van der Waals surface area (Å²) >= 11 is 0. The fraction of sp³-hybridized carbons (Fsp3) is 0.857. The van der Waals surface area contributed by atoms with E-state index in [-0.39, 0.29) is 23.9 Å². The van der Waals surface area contributed by atoms with Gasteiger partial charge in [-0.3, -0.25) is 4.79 Å². The van der Waals surface area contributed by atoms with Crippen molar-refractivity contribution in [3.8, 4) is 0 Å². The molecule has 2 saturated carbocycles. The Morgan fingerprint density at radius 1 is 1.21 bits per heavy atom. The first-order valence-corrected chi connectivity index (χ1v) is 7.35. The van der Waals surface area contributed by atoms with Gasteiger partial charge in [-0.2, -0.15) is 0 Å². The van der Waals surface area contributed by atoms with Crippen LogP contribution in [0.15, 0.2) is 0 Å². The summed E-state index contributed by atoms with van der Waals surface area (Å²) in [5.41, 5.74) is 0. The summed E-state index contributed by atoms with van der Waals surface area (Å²) in [7, 11) is 0. The Hall–Kier alpha value is -1.26. The first kappa shape index (κ1) is 14.2. The number of carbonyl (C=O) groups is 2. The molecule has 0 aromatic heterocycles. The van der Waals surface area contributed by atoms with Crippen molar-refractivity contribution < 1.29 is 14.7 Å². The third-order valence-corrected chi connectivity index (χ3v) is 4.44. The largest absolute Gasteiger partial charge is 0.481 e. The number of nitrogens with one attached hydrogen (secondary N) is 2. The summed E-state index contributed by atoms with van der Waals surface area (Å²) in [6.07, 6.45) is 6.09. The van der Waals surface area contributed by atoms with Crippen molar-refractivity contribution in [3.05, 3.63) is 0 Å². The van der Waals surface area contributed by atoms with Crippen molar-refractivity contribution in [1.82, 2.24) is 10.6 Å². The van der Waals surface area contributed by atoms with Gasteiger partial charge >= 0.3 is 12.0 Å². The molecule has 3 unspecified atom stereocenters. The standard InChI is InChI=1S/C14H24N2O3/c1-9(10-6-7-10)16-14(19)15-8-11-4-2-3-5-12(11)13(17)18/h9-12H,2-8H2,1H3,(H,17,18)(H2,15,16,19). The number of carbonyl (C=O) groups excluding carboxylic acids is 1. The van der Waals surface area contributed by atoms with Gasteiger partial charge in [-0.25, -0.2) is 4.79 Å². The van der Waals surface area contributed by atoms with Crippen LogP contribution in [0.3, 0.4) is 0 Å². The van der Waals surface area contributed by atoms with Crippen LogP contribution in [0.4, 0.5) is 4.79 Å². The second-order valence-electron chi connectivity index (χ2n) is 5.97. The zero-order chi connectivity index (χ0) is 13.8. The fourth-order valence-electron chi connectivity index (χ4n) is 2.97. The van der Waals surface area contributed by atoms with Crippen molar-refractivity contribution in [2.45, 2.75) is 51.5 Å². The van der Waals surface area contributed by atoms with Crippen molar-refractivity contribution in [2.75, 3.05) is 6.54 Å². The first-order chi connectivity index (χ1) is 9.08. The van der Waals surface area contributed by atoms with Crippen LogP contribution in [0, 0.1) is 17.8 Å². The maximum Gasteiger partial charge on any atom is 0.315 e. The number of hydrogen-bond acceptors (Lipinski definition) is 2.